The number of aryl methyl sites for hydroxylation is 1. The molecule has 22 heteroatoms. The van der Waals surface area contributed by atoms with E-state index in [4.69, 9.17) is 24.0 Å². The molecule has 13 rings (SSSR count). The molecule has 6 fully saturated rings. The topological polar surface area (TPSA) is 228 Å². The molecule has 8 atom stereocenters. The molecule has 4 aromatic heterocycles. The van der Waals surface area contributed by atoms with Crippen molar-refractivity contribution < 1.29 is 43.0 Å². The molecule has 0 aliphatic carbocycles. The number of hydrogen-bond acceptors (Lipinski definition) is 18. The molecule has 3 aromatic carbocycles. The highest BCUT2D eigenvalue weighted by Gasteiger charge is 2.51. The number of β-amino-alcohol motifs (C(OH)–C–C–N with tert-alkyl or cyclic N) is 1. The summed E-state index contributed by atoms with van der Waals surface area (Å²) < 4.78 is 35.7. The maximum atomic E-state index is 17.1. The van der Waals surface area contributed by atoms with Crippen molar-refractivity contribution in [2.24, 2.45) is 5.92 Å². The van der Waals surface area contributed by atoms with Crippen molar-refractivity contribution in [2.45, 2.75) is 120 Å². The fraction of sp³-hybridized carbons (Fsp3) is 0.484. The monoisotopic (exact) mass is 1160 g/mol. The number of likely N-dealkylation sites (tertiary alicyclic amines) is 1. The Morgan fingerprint density at radius 1 is 0.917 bits per heavy atom. The van der Waals surface area contributed by atoms with Gasteiger partial charge in [0, 0.05) is 88.2 Å². The first-order valence-electron chi connectivity index (χ1n) is 29.6. The van der Waals surface area contributed by atoms with Gasteiger partial charge in [0.15, 0.2) is 17.4 Å². The number of halogens is 1. The Morgan fingerprint density at radius 2 is 1.70 bits per heavy atom. The number of nitrogens with zero attached hydrogens (tertiary/aromatic N) is 10. The van der Waals surface area contributed by atoms with Gasteiger partial charge in [0.05, 0.1) is 39.2 Å². The number of anilines is 2. The van der Waals surface area contributed by atoms with Crippen molar-refractivity contribution in [2.75, 3.05) is 75.4 Å². The Hall–Kier alpha value is -7.53. The van der Waals surface area contributed by atoms with Crippen LogP contribution in [0.4, 0.5) is 20.8 Å². The third kappa shape index (κ3) is 10.6. The van der Waals surface area contributed by atoms with Crippen molar-refractivity contribution >= 4 is 62.6 Å². The summed E-state index contributed by atoms with van der Waals surface area (Å²) in [5.41, 5.74) is 5.08. The summed E-state index contributed by atoms with van der Waals surface area (Å²) in [4.78, 5) is 71.8. The molecule has 6 aliphatic heterocycles. The fourth-order valence-electron chi connectivity index (χ4n) is 14.0. The number of phenols is 1. The van der Waals surface area contributed by atoms with Crippen LogP contribution in [0.15, 0.2) is 83.0 Å². The van der Waals surface area contributed by atoms with Crippen LogP contribution in [-0.4, -0.2) is 169 Å². The molecule has 440 valence electrons. The second kappa shape index (κ2) is 22.8. The highest BCUT2D eigenvalue weighted by molar-refractivity contribution is 7.13. The van der Waals surface area contributed by atoms with E-state index >= 15 is 4.39 Å². The molecule has 0 spiro atoms. The van der Waals surface area contributed by atoms with Crippen LogP contribution in [0.5, 0.6) is 11.8 Å². The number of carbonyl (C=O) groups excluding carboxylic acids is 3. The number of nitrogens with one attached hydrogen (secondary N) is 2. The number of rotatable bonds is 15. The van der Waals surface area contributed by atoms with E-state index in [1.807, 2.05) is 86.6 Å². The number of carbonyl (C=O) groups is 3. The van der Waals surface area contributed by atoms with Crippen molar-refractivity contribution in [3.63, 3.8) is 0 Å². The van der Waals surface area contributed by atoms with Crippen molar-refractivity contribution in [1.82, 2.24) is 50.4 Å². The molecule has 2 bridgehead atoms. The van der Waals surface area contributed by atoms with Gasteiger partial charge in [-0.2, -0.15) is 9.97 Å². The van der Waals surface area contributed by atoms with Gasteiger partial charge in [-0.25, -0.2) is 14.2 Å². The normalized spacial score (nSPS) is 24.1. The predicted molar refractivity (Wildman–Crippen MR) is 315 cm³/mol. The average Bonchev–Trinajstić information content (AvgIpc) is 2.09. The minimum absolute atomic E-state index is 0.0114. The number of aromatic nitrogens is 5. The quantitative estimate of drug-likeness (QED) is 0.0763. The van der Waals surface area contributed by atoms with Gasteiger partial charge in [-0.05, 0) is 98.9 Å². The van der Waals surface area contributed by atoms with Crippen LogP contribution in [0.1, 0.15) is 94.7 Å². The molecule has 6 saturated heterocycles. The maximum absolute atomic E-state index is 17.1. The van der Waals surface area contributed by atoms with E-state index in [9.17, 15) is 24.6 Å². The van der Waals surface area contributed by atoms with Gasteiger partial charge in [0.25, 0.3) is 0 Å². The molecule has 0 radical (unpaired) electrons. The first kappa shape index (κ1) is 55.6. The van der Waals surface area contributed by atoms with Crippen LogP contribution >= 0.6 is 11.3 Å². The van der Waals surface area contributed by atoms with E-state index in [1.54, 1.807) is 34.6 Å². The second-order valence-corrected chi connectivity index (χ2v) is 25.0. The molecule has 0 saturated carbocycles. The van der Waals surface area contributed by atoms with Gasteiger partial charge in [0.1, 0.15) is 48.0 Å². The van der Waals surface area contributed by atoms with Gasteiger partial charge in [-0.3, -0.25) is 19.5 Å². The molecule has 20 nitrogen and oxygen atoms in total. The first-order chi connectivity index (χ1) is 40.7. The number of ether oxygens (including phenoxy) is 2. The number of benzene rings is 3. The molecule has 10 heterocycles. The van der Waals surface area contributed by atoms with E-state index in [2.05, 4.69) is 35.6 Å². The van der Waals surface area contributed by atoms with Gasteiger partial charge >= 0.3 is 12.1 Å². The van der Waals surface area contributed by atoms with Gasteiger partial charge in [0.2, 0.25) is 11.8 Å². The first-order valence-corrected chi connectivity index (χ1v) is 30.5. The Bertz CT molecular complexity index is 3600. The number of thiazole rings is 1. The smallest absolute Gasteiger partial charge is 0.409 e. The van der Waals surface area contributed by atoms with Gasteiger partial charge in [-0.1, -0.05) is 67.5 Å². The van der Waals surface area contributed by atoms with Crippen LogP contribution in [0.3, 0.4) is 0 Å². The number of pyridine rings is 1. The minimum atomic E-state index is -0.864. The molecule has 4 N–H and O–H groups in total. The van der Waals surface area contributed by atoms with Crippen LogP contribution in [-0.2, 0) is 14.3 Å². The number of aliphatic hydroxyl groups is 1. The summed E-state index contributed by atoms with van der Waals surface area (Å²) in [5, 5.41) is 34.7. The Labute approximate surface area is 490 Å². The van der Waals surface area contributed by atoms with Crippen LogP contribution in [0.25, 0.3) is 43.4 Å². The summed E-state index contributed by atoms with van der Waals surface area (Å²) in [6.07, 6.45) is 6.10. The Kier molecular flexibility index (Phi) is 15.1. The van der Waals surface area contributed by atoms with Crippen molar-refractivity contribution in [3.8, 4) is 33.5 Å². The number of hydrogen-bond donors (Lipinski definition) is 4. The highest BCUT2D eigenvalue weighted by Crippen LogP contribution is 2.44. The SMILES string of the molecule is Cc1ncsc1-c1ccc([C@H](C)NC(=O)[C@@H]2C[C@@H](O)CN2C(=O)[C@@H](c2cc(N3CCN(C(=O)OC[C@@H]4CC[C@]5(COc6nc(N7CC8CCC(C7)N8)c7cnc(-c8cc(O)cc9ccccc89)c(F)c7n6)CCCN45)CC3)no2)C(C)C)cc1. The van der Waals surface area contributed by atoms with Crippen molar-refractivity contribution in [3.05, 3.63) is 101 Å². The lowest BCUT2D eigenvalue weighted by Crippen LogP contribution is -2.51. The lowest BCUT2D eigenvalue weighted by atomic mass is 9.91. The largest absolute Gasteiger partial charge is 0.508 e. The van der Waals surface area contributed by atoms with E-state index in [-0.39, 0.29) is 90.6 Å². The van der Waals surface area contributed by atoms with E-state index in [0.29, 0.717) is 79.7 Å². The third-order valence-electron chi connectivity index (χ3n) is 18.4. The molecular weight excluding hydrogens is 1090 g/mol. The van der Waals surface area contributed by atoms with E-state index < -0.39 is 23.9 Å². The number of phenolic OH excluding ortho intramolecular Hbond substituents is 1. The van der Waals surface area contributed by atoms with E-state index in [0.717, 1.165) is 77.5 Å². The highest BCUT2D eigenvalue weighted by atomic mass is 32.1. The van der Waals surface area contributed by atoms with Crippen LogP contribution < -0.4 is 25.2 Å². The number of aliphatic hydroxyl groups excluding tert-OH is 1. The molecule has 84 heavy (non-hydrogen) atoms. The van der Waals surface area contributed by atoms with Crippen molar-refractivity contribution in [1.29, 1.82) is 0 Å². The summed E-state index contributed by atoms with van der Waals surface area (Å²) >= 11 is 1.58. The molecular formula is C62H71FN12O8S. The van der Waals surface area contributed by atoms with Crippen LogP contribution in [0.2, 0.25) is 0 Å². The zero-order valence-electron chi connectivity index (χ0n) is 47.7. The van der Waals surface area contributed by atoms with E-state index in [1.165, 1.54) is 11.0 Å². The summed E-state index contributed by atoms with van der Waals surface area (Å²) in [6, 6.07) is 20.0. The summed E-state index contributed by atoms with van der Waals surface area (Å²) in [7, 11) is 0. The summed E-state index contributed by atoms with van der Waals surface area (Å²) in [5.74, 6) is -0.715. The summed E-state index contributed by atoms with van der Waals surface area (Å²) in [6.45, 7) is 12.2. The number of fused-ring (bicyclic) bond motifs is 5. The average molecular weight is 1160 g/mol. The Balaban J connectivity index is 0.627. The predicted octanol–water partition coefficient (Wildman–Crippen LogP) is 7.96. The molecule has 3 amide bonds. The minimum Gasteiger partial charge on any atom is -0.508 e. The van der Waals surface area contributed by atoms with Crippen LogP contribution in [0, 0.1) is 18.7 Å². The number of amides is 3. The zero-order valence-corrected chi connectivity index (χ0v) is 48.6. The lowest BCUT2D eigenvalue weighted by Gasteiger charge is -2.36. The van der Waals surface area contributed by atoms with Gasteiger partial charge < -0.3 is 54.4 Å². The zero-order chi connectivity index (χ0) is 58.0. The number of aromatic hydroxyl groups is 1. The second-order valence-electron chi connectivity index (χ2n) is 24.1. The third-order valence-corrected chi connectivity index (χ3v) is 19.4. The van der Waals surface area contributed by atoms with Gasteiger partial charge in [-0.15, -0.1) is 11.3 Å². The molecule has 6 aliphatic rings. The molecule has 7 aromatic rings. The molecule has 2 unspecified atom stereocenters. The maximum Gasteiger partial charge on any atom is 0.409 e. The lowest BCUT2D eigenvalue weighted by molar-refractivity contribution is -0.141. The fourth-order valence-corrected chi connectivity index (χ4v) is 14.8. The number of piperazine rings is 2. The standard InChI is InChI=1S/C62H71FN12O8S/c1-35(2)52(59(79)74-31-45(77)26-49(74)58(78)66-36(3)38-10-12-39(13-11-38)56-37(4)65-34-84-56)50-27-51(70-83-50)71-20-22-72(23-21-71)61(80)81-32-43-16-18-62(17-7-19-75(43)62)33-82-60-68-55-48(57(69-60)73-29-41-14-15-42(30-73)67-41)28-64-54(53(55)63)47-25-44(76)24-40-8-5-6-9-46(40)47/h5-6,8-13,24-25,27-28,34-36,41-43,45,49,52,67,76-77H,7,14-23,26,29-33H2,1-4H3,(H,66,78)/t36-,41?,42?,43-,45+,49-,52+,62-/m0/s1. The Morgan fingerprint density at radius 3 is 2.46 bits per heavy atom.